The van der Waals surface area contributed by atoms with Crippen LogP contribution in [0.4, 0.5) is 17.1 Å². The molecular weight excluding hydrogens is 344 g/mol. The van der Waals surface area contributed by atoms with Crippen LogP contribution in [0.25, 0.3) is 0 Å². The van der Waals surface area contributed by atoms with E-state index in [1.807, 2.05) is 6.92 Å². The summed E-state index contributed by atoms with van der Waals surface area (Å²) in [5, 5.41) is 11.1. The van der Waals surface area contributed by atoms with Crippen LogP contribution in [-0.4, -0.2) is 31.3 Å². The number of anilines is 3. The highest BCUT2D eigenvalue weighted by Gasteiger charge is 2.06. The molecule has 7 heteroatoms. The summed E-state index contributed by atoms with van der Waals surface area (Å²) in [7, 11) is 1.57. The van der Waals surface area contributed by atoms with E-state index in [-0.39, 0.29) is 24.3 Å². The summed E-state index contributed by atoms with van der Waals surface area (Å²) in [4.78, 5) is 35.3. The predicted octanol–water partition coefficient (Wildman–Crippen LogP) is 2.84. The van der Waals surface area contributed by atoms with Crippen molar-refractivity contribution in [2.45, 2.75) is 19.8 Å². The molecule has 27 heavy (non-hydrogen) atoms. The highest BCUT2D eigenvalue weighted by Crippen LogP contribution is 2.16. The van der Waals surface area contributed by atoms with Crippen molar-refractivity contribution < 1.29 is 14.4 Å². The fraction of sp³-hybridized carbons (Fsp3) is 0.250. The van der Waals surface area contributed by atoms with E-state index in [2.05, 4.69) is 21.3 Å². The number of rotatable bonds is 8. The summed E-state index contributed by atoms with van der Waals surface area (Å²) in [6.07, 6.45) is 1.23. The van der Waals surface area contributed by atoms with Crippen LogP contribution < -0.4 is 21.3 Å². The summed E-state index contributed by atoms with van der Waals surface area (Å²) in [5.74, 6) is -0.435. The third kappa shape index (κ3) is 6.47. The smallest absolute Gasteiger partial charge is 0.251 e. The number of benzene rings is 2. The lowest BCUT2D eigenvalue weighted by atomic mass is 10.2. The number of carbonyl (C=O) groups is 3. The molecule has 0 heterocycles. The molecule has 0 fully saturated rings. The van der Waals surface area contributed by atoms with Gasteiger partial charge in [0.25, 0.3) is 5.91 Å². The Balaban J connectivity index is 1.86. The number of hydrogen-bond donors (Lipinski definition) is 4. The zero-order chi connectivity index (χ0) is 19.6. The lowest BCUT2D eigenvalue weighted by Crippen LogP contribution is -2.22. The fourth-order valence-electron chi connectivity index (χ4n) is 2.40. The molecule has 7 nitrogen and oxygen atoms in total. The van der Waals surface area contributed by atoms with Crippen LogP contribution in [0.2, 0.25) is 0 Å². The van der Waals surface area contributed by atoms with Crippen LogP contribution >= 0.6 is 0 Å². The topological polar surface area (TPSA) is 99.3 Å². The van der Waals surface area contributed by atoms with Crippen LogP contribution in [0.15, 0.2) is 48.5 Å². The largest absolute Gasteiger partial charge is 0.376 e. The van der Waals surface area contributed by atoms with Crippen LogP contribution in [0.5, 0.6) is 0 Å². The minimum absolute atomic E-state index is 0.0529. The Bertz CT molecular complexity index is 803. The van der Waals surface area contributed by atoms with E-state index in [0.29, 0.717) is 23.4 Å². The van der Waals surface area contributed by atoms with Gasteiger partial charge in [0.1, 0.15) is 0 Å². The summed E-state index contributed by atoms with van der Waals surface area (Å²) >= 11 is 0. The number of hydrogen-bond acceptors (Lipinski definition) is 4. The van der Waals surface area contributed by atoms with E-state index in [1.165, 1.54) is 0 Å². The van der Waals surface area contributed by atoms with Crippen molar-refractivity contribution in [3.05, 3.63) is 54.1 Å². The molecular formula is C20H24N4O3. The van der Waals surface area contributed by atoms with E-state index in [4.69, 9.17) is 0 Å². The van der Waals surface area contributed by atoms with Crippen molar-refractivity contribution >= 4 is 34.8 Å². The molecule has 0 aliphatic heterocycles. The van der Waals surface area contributed by atoms with E-state index in [1.54, 1.807) is 55.6 Å². The van der Waals surface area contributed by atoms with Gasteiger partial charge in [0.05, 0.1) is 6.54 Å². The Kier molecular flexibility index (Phi) is 7.37. The van der Waals surface area contributed by atoms with Crippen LogP contribution in [-0.2, 0) is 9.59 Å². The molecule has 0 saturated carbocycles. The van der Waals surface area contributed by atoms with Gasteiger partial charge in [0, 0.05) is 36.1 Å². The minimum atomic E-state index is -0.220. The van der Waals surface area contributed by atoms with Crippen molar-refractivity contribution in [2.24, 2.45) is 0 Å². The quantitative estimate of drug-likeness (QED) is 0.576. The molecule has 3 amide bonds. The number of nitrogens with one attached hydrogen (secondary N) is 4. The second kappa shape index (κ2) is 9.96. The summed E-state index contributed by atoms with van der Waals surface area (Å²) in [5.41, 5.74) is 2.53. The first-order chi connectivity index (χ1) is 13.0. The highest BCUT2D eigenvalue weighted by atomic mass is 16.2. The third-order valence-corrected chi connectivity index (χ3v) is 3.73. The lowest BCUT2D eigenvalue weighted by molar-refractivity contribution is -0.116. The van der Waals surface area contributed by atoms with E-state index in [9.17, 15) is 14.4 Å². The Morgan fingerprint density at radius 3 is 2.07 bits per heavy atom. The van der Waals surface area contributed by atoms with E-state index >= 15 is 0 Å². The molecule has 0 atom stereocenters. The molecule has 0 unspecified atom stereocenters. The van der Waals surface area contributed by atoms with Crippen molar-refractivity contribution in [3.8, 4) is 0 Å². The van der Waals surface area contributed by atoms with Gasteiger partial charge >= 0.3 is 0 Å². The normalized spacial score (nSPS) is 10.0. The summed E-state index contributed by atoms with van der Waals surface area (Å²) in [6.45, 7) is 2.01. The van der Waals surface area contributed by atoms with Crippen molar-refractivity contribution in [1.82, 2.24) is 5.32 Å². The van der Waals surface area contributed by atoms with Crippen molar-refractivity contribution in [3.63, 3.8) is 0 Å². The molecule has 2 aromatic carbocycles. The molecule has 142 valence electrons. The standard InChI is InChI=1S/C20H24N4O3/c1-3-5-18(25)23-16-6-4-7-17(12-16)24-19(26)13-22-15-10-8-14(9-11-15)20(27)21-2/h4,6-12,22H,3,5,13H2,1-2H3,(H,21,27)(H,23,25)(H,24,26). The Labute approximate surface area is 158 Å². The maximum absolute atomic E-state index is 12.1. The molecule has 0 aromatic heterocycles. The first-order valence-corrected chi connectivity index (χ1v) is 8.77. The van der Waals surface area contributed by atoms with E-state index < -0.39 is 0 Å². The molecule has 2 aromatic rings. The first-order valence-electron chi connectivity index (χ1n) is 8.77. The Morgan fingerprint density at radius 2 is 1.48 bits per heavy atom. The predicted molar refractivity (Wildman–Crippen MR) is 107 cm³/mol. The summed E-state index contributed by atoms with van der Waals surface area (Å²) < 4.78 is 0. The fourth-order valence-corrected chi connectivity index (χ4v) is 2.40. The van der Waals surface area contributed by atoms with Gasteiger partial charge < -0.3 is 21.3 Å². The second-order valence-electron chi connectivity index (χ2n) is 5.94. The highest BCUT2D eigenvalue weighted by molar-refractivity contribution is 5.96. The second-order valence-corrected chi connectivity index (χ2v) is 5.94. The van der Waals surface area contributed by atoms with Gasteiger partial charge in [0.15, 0.2) is 0 Å². The maximum atomic E-state index is 12.1. The molecule has 0 radical (unpaired) electrons. The molecule has 0 saturated heterocycles. The molecule has 0 aliphatic carbocycles. The van der Waals surface area contributed by atoms with Gasteiger partial charge in [-0.1, -0.05) is 13.0 Å². The van der Waals surface area contributed by atoms with Gasteiger partial charge in [-0.25, -0.2) is 0 Å². The van der Waals surface area contributed by atoms with Gasteiger partial charge in [-0.05, 0) is 48.9 Å². The monoisotopic (exact) mass is 368 g/mol. The summed E-state index contributed by atoms with van der Waals surface area (Å²) in [6, 6.07) is 13.8. The van der Waals surface area contributed by atoms with Crippen molar-refractivity contribution in [1.29, 1.82) is 0 Å². The van der Waals surface area contributed by atoms with Crippen LogP contribution in [0, 0.1) is 0 Å². The van der Waals surface area contributed by atoms with Crippen molar-refractivity contribution in [2.75, 3.05) is 29.5 Å². The third-order valence-electron chi connectivity index (χ3n) is 3.73. The first kappa shape index (κ1) is 20.0. The van der Waals surface area contributed by atoms with Gasteiger partial charge in [-0.2, -0.15) is 0 Å². The van der Waals surface area contributed by atoms with E-state index in [0.717, 1.165) is 12.1 Å². The van der Waals surface area contributed by atoms with Gasteiger partial charge in [0.2, 0.25) is 11.8 Å². The Morgan fingerprint density at radius 1 is 0.852 bits per heavy atom. The van der Waals surface area contributed by atoms with Crippen LogP contribution in [0.1, 0.15) is 30.1 Å². The van der Waals surface area contributed by atoms with Gasteiger partial charge in [-0.3, -0.25) is 14.4 Å². The lowest BCUT2D eigenvalue weighted by Gasteiger charge is -2.10. The average molecular weight is 368 g/mol. The molecule has 0 bridgehead atoms. The number of carbonyl (C=O) groups excluding carboxylic acids is 3. The maximum Gasteiger partial charge on any atom is 0.251 e. The molecule has 0 spiro atoms. The average Bonchev–Trinajstić information content (AvgIpc) is 2.66. The Hall–Kier alpha value is -3.35. The SMILES string of the molecule is CCCC(=O)Nc1cccc(NC(=O)CNc2ccc(C(=O)NC)cc2)c1. The number of amides is 3. The molecule has 0 aliphatic rings. The minimum Gasteiger partial charge on any atom is -0.376 e. The molecule has 2 rings (SSSR count). The zero-order valence-corrected chi connectivity index (χ0v) is 15.5. The van der Waals surface area contributed by atoms with Crippen LogP contribution in [0.3, 0.4) is 0 Å². The molecule has 4 N–H and O–H groups in total. The van der Waals surface area contributed by atoms with Gasteiger partial charge in [-0.15, -0.1) is 0 Å². The zero-order valence-electron chi connectivity index (χ0n) is 15.5.